The SMILES string of the molecule is CN1CCN2Cc3ccc(C#Cc4ccccn4)cc3N=C2C1. The number of fused-ring (bicyclic) bond motifs is 2. The lowest BCUT2D eigenvalue weighted by atomic mass is 10.1. The molecule has 1 aromatic carbocycles. The maximum Gasteiger partial charge on any atom is 0.119 e. The van der Waals surface area contributed by atoms with Crippen molar-refractivity contribution in [3.8, 4) is 11.8 Å². The minimum Gasteiger partial charge on any atom is -0.353 e. The number of pyridine rings is 1. The van der Waals surface area contributed by atoms with E-state index in [1.54, 1.807) is 6.20 Å². The van der Waals surface area contributed by atoms with Gasteiger partial charge in [-0.25, -0.2) is 9.98 Å². The molecular formula is C19H18N4. The van der Waals surface area contributed by atoms with Gasteiger partial charge in [-0.2, -0.15) is 0 Å². The molecule has 0 atom stereocenters. The first kappa shape index (κ1) is 14.0. The second kappa shape index (κ2) is 5.86. The van der Waals surface area contributed by atoms with Crippen molar-refractivity contribution in [2.45, 2.75) is 6.54 Å². The predicted molar refractivity (Wildman–Crippen MR) is 91.7 cm³/mol. The molecule has 2 aliphatic heterocycles. The highest BCUT2D eigenvalue weighted by Gasteiger charge is 2.24. The fraction of sp³-hybridized carbons (Fsp3) is 0.263. The summed E-state index contributed by atoms with van der Waals surface area (Å²) in [6.07, 6.45) is 1.76. The van der Waals surface area contributed by atoms with Crippen molar-refractivity contribution in [3.05, 3.63) is 59.4 Å². The molecule has 1 fully saturated rings. The number of aliphatic imine (C=N–C) groups is 1. The van der Waals surface area contributed by atoms with Crippen LogP contribution in [0.5, 0.6) is 0 Å². The Morgan fingerprint density at radius 3 is 2.87 bits per heavy atom. The van der Waals surface area contributed by atoms with E-state index < -0.39 is 0 Å². The van der Waals surface area contributed by atoms with E-state index in [4.69, 9.17) is 4.99 Å². The number of nitrogens with zero attached hydrogens (tertiary/aromatic N) is 4. The van der Waals surface area contributed by atoms with Crippen molar-refractivity contribution in [2.75, 3.05) is 26.7 Å². The molecule has 1 saturated heterocycles. The van der Waals surface area contributed by atoms with Crippen molar-refractivity contribution in [2.24, 2.45) is 4.99 Å². The van der Waals surface area contributed by atoms with Gasteiger partial charge in [0.1, 0.15) is 11.5 Å². The minimum atomic E-state index is 0.789. The van der Waals surface area contributed by atoms with Gasteiger partial charge in [0, 0.05) is 31.4 Å². The lowest BCUT2D eigenvalue weighted by Gasteiger charge is -2.37. The van der Waals surface area contributed by atoms with Gasteiger partial charge in [0.25, 0.3) is 0 Å². The van der Waals surface area contributed by atoms with E-state index >= 15 is 0 Å². The number of hydrogen-bond donors (Lipinski definition) is 0. The quantitative estimate of drug-likeness (QED) is 0.700. The lowest BCUT2D eigenvalue weighted by Crippen LogP contribution is -2.49. The van der Waals surface area contributed by atoms with Crippen molar-refractivity contribution in [1.82, 2.24) is 14.8 Å². The Labute approximate surface area is 136 Å². The maximum atomic E-state index is 4.85. The van der Waals surface area contributed by atoms with E-state index in [1.807, 2.05) is 18.2 Å². The van der Waals surface area contributed by atoms with Crippen molar-refractivity contribution >= 4 is 11.5 Å². The summed E-state index contributed by atoms with van der Waals surface area (Å²) in [6.45, 7) is 4.03. The Hall–Kier alpha value is -2.64. The van der Waals surface area contributed by atoms with Crippen LogP contribution in [-0.4, -0.2) is 47.3 Å². The van der Waals surface area contributed by atoms with Gasteiger partial charge < -0.3 is 4.90 Å². The van der Waals surface area contributed by atoms with Crippen LogP contribution in [0, 0.1) is 11.8 Å². The van der Waals surface area contributed by atoms with Crippen LogP contribution in [-0.2, 0) is 6.54 Å². The summed E-state index contributed by atoms with van der Waals surface area (Å²) in [5.74, 6) is 7.46. The number of rotatable bonds is 0. The molecule has 4 nitrogen and oxygen atoms in total. The topological polar surface area (TPSA) is 31.7 Å². The summed E-state index contributed by atoms with van der Waals surface area (Å²) in [4.78, 5) is 13.8. The van der Waals surface area contributed by atoms with Crippen molar-refractivity contribution in [3.63, 3.8) is 0 Å². The van der Waals surface area contributed by atoms with Crippen LogP contribution in [0.1, 0.15) is 16.8 Å². The Balaban J connectivity index is 1.63. The minimum absolute atomic E-state index is 0.789. The molecule has 0 radical (unpaired) electrons. The molecular weight excluding hydrogens is 284 g/mol. The monoisotopic (exact) mass is 302 g/mol. The van der Waals surface area contributed by atoms with E-state index in [2.05, 4.69) is 51.9 Å². The van der Waals surface area contributed by atoms with Gasteiger partial charge in [-0.05, 0) is 42.8 Å². The molecule has 4 heteroatoms. The van der Waals surface area contributed by atoms with Gasteiger partial charge in [0.05, 0.1) is 12.2 Å². The smallest absolute Gasteiger partial charge is 0.119 e. The lowest BCUT2D eigenvalue weighted by molar-refractivity contribution is 0.258. The Morgan fingerprint density at radius 2 is 2.00 bits per heavy atom. The molecule has 114 valence electrons. The third-order valence-corrected chi connectivity index (χ3v) is 4.22. The summed E-state index contributed by atoms with van der Waals surface area (Å²) in [5, 5.41) is 0. The fourth-order valence-electron chi connectivity index (χ4n) is 2.91. The van der Waals surface area contributed by atoms with Gasteiger partial charge in [-0.15, -0.1) is 0 Å². The first-order chi connectivity index (χ1) is 11.3. The van der Waals surface area contributed by atoms with E-state index in [9.17, 15) is 0 Å². The summed E-state index contributed by atoms with van der Waals surface area (Å²) >= 11 is 0. The summed E-state index contributed by atoms with van der Waals surface area (Å²) in [6, 6.07) is 12.1. The van der Waals surface area contributed by atoms with Crippen LogP contribution in [0.3, 0.4) is 0 Å². The Bertz CT molecular complexity index is 814. The zero-order valence-corrected chi connectivity index (χ0v) is 13.2. The Morgan fingerprint density at radius 1 is 1.04 bits per heavy atom. The first-order valence-electron chi connectivity index (χ1n) is 7.85. The zero-order valence-electron chi connectivity index (χ0n) is 13.2. The van der Waals surface area contributed by atoms with Gasteiger partial charge >= 0.3 is 0 Å². The molecule has 0 N–H and O–H groups in total. The van der Waals surface area contributed by atoms with Gasteiger partial charge in [0.2, 0.25) is 0 Å². The molecule has 0 amide bonds. The summed E-state index contributed by atoms with van der Waals surface area (Å²) < 4.78 is 0. The largest absolute Gasteiger partial charge is 0.353 e. The number of amidine groups is 1. The average molecular weight is 302 g/mol. The summed E-state index contributed by atoms with van der Waals surface area (Å²) in [5.41, 5.74) is 4.11. The molecule has 1 aromatic heterocycles. The van der Waals surface area contributed by atoms with Crippen LogP contribution in [0.25, 0.3) is 0 Å². The molecule has 23 heavy (non-hydrogen) atoms. The van der Waals surface area contributed by atoms with Gasteiger partial charge in [-0.3, -0.25) is 4.90 Å². The van der Waals surface area contributed by atoms with Crippen LogP contribution < -0.4 is 0 Å². The fourth-order valence-corrected chi connectivity index (χ4v) is 2.91. The molecule has 2 aromatic rings. The standard InChI is InChI=1S/C19H18N4/c1-22-10-11-23-13-16-7-5-15(12-18(16)21-19(23)14-22)6-8-17-4-2-3-9-20-17/h2-5,7,9,12H,10-11,13-14H2,1H3. The molecule has 0 saturated carbocycles. The molecule has 0 aliphatic carbocycles. The molecule has 4 rings (SSSR count). The average Bonchev–Trinajstić information content (AvgIpc) is 2.59. The molecule has 2 aliphatic rings. The molecule has 0 unspecified atom stereocenters. The normalized spacial score (nSPS) is 16.7. The van der Waals surface area contributed by atoms with Crippen LogP contribution >= 0.6 is 0 Å². The van der Waals surface area contributed by atoms with Crippen molar-refractivity contribution in [1.29, 1.82) is 0 Å². The van der Waals surface area contributed by atoms with E-state index in [1.165, 1.54) is 11.4 Å². The number of hydrogen-bond acceptors (Lipinski definition) is 4. The van der Waals surface area contributed by atoms with E-state index in [0.29, 0.717) is 0 Å². The Kier molecular flexibility index (Phi) is 3.57. The number of likely N-dealkylation sites (N-methyl/N-ethyl adjacent to an activating group) is 1. The van der Waals surface area contributed by atoms with Gasteiger partial charge in [-0.1, -0.05) is 18.1 Å². The number of aromatic nitrogens is 1. The van der Waals surface area contributed by atoms with Crippen LogP contribution in [0.15, 0.2) is 47.6 Å². The van der Waals surface area contributed by atoms with Gasteiger partial charge in [0.15, 0.2) is 0 Å². The predicted octanol–water partition coefficient (Wildman–Crippen LogP) is 2.27. The first-order valence-corrected chi connectivity index (χ1v) is 7.85. The third-order valence-electron chi connectivity index (χ3n) is 4.22. The van der Waals surface area contributed by atoms with E-state index in [0.717, 1.165) is 43.1 Å². The highest BCUT2D eigenvalue weighted by molar-refractivity contribution is 5.89. The van der Waals surface area contributed by atoms with Crippen LogP contribution in [0.4, 0.5) is 5.69 Å². The second-order valence-corrected chi connectivity index (χ2v) is 6.00. The molecule has 0 bridgehead atoms. The number of piperazine rings is 1. The number of benzene rings is 1. The van der Waals surface area contributed by atoms with Crippen molar-refractivity contribution < 1.29 is 0 Å². The molecule has 3 heterocycles. The van der Waals surface area contributed by atoms with Crippen LogP contribution in [0.2, 0.25) is 0 Å². The molecule has 0 spiro atoms. The van der Waals surface area contributed by atoms with E-state index in [-0.39, 0.29) is 0 Å². The maximum absolute atomic E-state index is 4.85. The highest BCUT2D eigenvalue weighted by Crippen LogP contribution is 2.28. The summed E-state index contributed by atoms with van der Waals surface area (Å²) in [7, 11) is 2.14. The zero-order chi connectivity index (χ0) is 15.6. The highest BCUT2D eigenvalue weighted by atomic mass is 15.3. The second-order valence-electron chi connectivity index (χ2n) is 6.00. The third kappa shape index (κ3) is 2.96.